The monoisotopic (exact) mass is 288 g/mol. The van der Waals surface area contributed by atoms with Gasteiger partial charge in [0.1, 0.15) is 23.9 Å². The van der Waals surface area contributed by atoms with Crippen LogP contribution >= 0.6 is 0 Å². The molecule has 0 fully saturated rings. The highest BCUT2D eigenvalue weighted by Crippen LogP contribution is 2.35. The fraction of sp³-hybridized carbons (Fsp3) is 0.375. The summed E-state index contributed by atoms with van der Waals surface area (Å²) in [5.41, 5.74) is 1.09. The van der Waals surface area contributed by atoms with Gasteiger partial charge in [-0.25, -0.2) is 0 Å². The van der Waals surface area contributed by atoms with Gasteiger partial charge in [-0.1, -0.05) is 0 Å². The molecule has 5 nitrogen and oxygen atoms in total. The maximum absolute atomic E-state index is 9.48. The molecular formula is C16H20N2O3. The number of ether oxygens (including phenoxy) is 1. The number of likely N-dealkylation sites (N-methyl/N-ethyl adjacent to an activating group) is 1. The molecule has 0 saturated heterocycles. The molecule has 112 valence electrons. The molecule has 2 N–H and O–H groups in total. The first-order valence-corrected chi connectivity index (χ1v) is 7.04. The van der Waals surface area contributed by atoms with E-state index in [1.54, 1.807) is 18.4 Å². The zero-order valence-electron chi connectivity index (χ0n) is 12.2. The summed E-state index contributed by atoms with van der Waals surface area (Å²) in [4.78, 5) is 2.12. The van der Waals surface area contributed by atoms with Gasteiger partial charge in [-0.05, 0) is 38.4 Å². The average Bonchev–Trinajstić information content (AvgIpc) is 3.08. The fourth-order valence-corrected chi connectivity index (χ4v) is 2.64. The summed E-state index contributed by atoms with van der Waals surface area (Å²) >= 11 is 0. The van der Waals surface area contributed by atoms with Crippen molar-refractivity contribution in [3.8, 4) is 11.5 Å². The van der Waals surface area contributed by atoms with Gasteiger partial charge in [-0.15, -0.1) is 0 Å². The highest BCUT2D eigenvalue weighted by Gasteiger charge is 2.26. The lowest BCUT2D eigenvalue weighted by Gasteiger charge is -2.24. The zero-order chi connectivity index (χ0) is 14.8. The minimum atomic E-state index is 0.137. The summed E-state index contributed by atoms with van der Waals surface area (Å²) in [7, 11) is 4.07. The minimum absolute atomic E-state index is 0.137. The Morgan fingerprint density at radius 2 is 2.24 bits per heavy atom. The zero-order valence-corrected chi connectivity index (χ0v) is 12.2. The van der Waals surface area contributed by atoms with Gasteiger partial charge in [0.05, 0.1) is 18.3 Å². The maximum atomic E-state index is 9.48. The van der Waals surface area contributed by atoms with Crippen molar-refractivity contribution in [2.45, 2.75) is 12.1 Å². The number of aromatic hydroxyl groups is 1. The molecule has 1 aromatic heterocycles. The maximum Gasteiger partial charge on any atom is 0.127 e. The van der Waals surface area contributed by atoms with Gasteiger partial charge in [0.2, 0.25) is 0 Å². The third-order valence-electron chi connectivity index (χ3n) is 3.83. The van der Waals surface area contributed by atoms with E-state index in [-0.39, 0.29) is 17.8 Å². The number of nitrogens with one attached hydrogen (secondary N) is 1. The molecule has 0 bridgehead atoms. The SMILES string of the molecule is CN(C)C(CNC1COc2cc(O)ccc21)c1ccco1. The largest absolute Gasteiger partial charge is 0.508 e. The summed E-state index contributed by atoms with van der Waals surface area (Å²) in [6.45, 7) is 1.34. The minimum Gasteiger partial charge on any atom is -0.508 e. The van der Waals surface area contributed by atoms with Crippen molar-refractivity contribution in [1.82, 2.24) is 10.2 Å². The van der Waals surface area contributed by atoms with E-state index in [1.165, 1.54) is 0 Å². The number of hydrogen-bond acceptors (Lipinski definition) is 5. The van der Waals surface area contributed by atoms with E-state index in [9.17, 15) is 5.11 Å². The number of phenolic OH excluding ortho intramolecular Hbond substituents is 1. The lowest BCUT2D eigenvalue weighted by atomic mass is 10.1. The van der Waals surface area contributed by atoms with E-state index >= 15 is 0 Å². The Morgan fingerprint density at radius 1 is 1.38 bits per heavy atom. The lowest BCUT2D eigenvalue weighted by Crippen LogP contribution is -2.33. The molecule has 21 heavy (non-hydrogen) atoms. The van der Waals surface area contributed by atoms with Gasteiger partial charge in [-0.3, -0.25) is 4.90 Å². The number of rotatable bonds is 5. The highest BCUT2D eigenvalue weighted by molar-refractivity contribution is 5.44. The number of fused-ring (bicyclic) bond motifs is 1. The molecule has 1 aromatic carbocycles. The molecule has 3 rings (SSSR count). The molecule has 0 amide bonds. The fourth-order valence-electron chi connectivity index (χ4n) is 2.64. The Balaban J connectivity index is 1.68. The topological polar surface area (TPSA) is 57.9 Å². The Labute approximate surface area is 124 Å². The van der Waals surface area contributed by atoms with Crippen molar-refractivity contribution < 1.29 is 14.3 Å². The normalized spacial score (nSPS) is 18.5. The highest BCUT2D eigenvalue weighted by atomic mass is 16.5. The van der Waals surface area contributed by atoms with Crippen molar-refractivity contribution >= 4 is 0 Å². The number of nitrogens with zero attached hydrogens (tertiary/aromatic N) is 1. The molecule has 2 unspecified atom stereocenters. The lowest BCUT2D eigenvalue weighted by molar-refractivity contribution is 0.234. The molecule has 0 spiro atoms. The van der Waals surface area contributed by atoms with Crippen LogP contribution < -0.4 is 10.1 Å². The Kier molecular flexibility index (Phi) is 3.86. The van der Waals surface area contributed by atoms with Gasteiger partial charge in [0.25, 0.3) is 0 Å². The Morgan fingerprint density at radius 3 is 2.95 bits per heavy atom. The van der Waals surface area contributed by atoms with Gasteiger partial charge in [-0.2, -0.15) is 0 Å². The summed E-state index contributed by atoms with van der Waals surface area (Å²) < 4.78 is 11.1. The number of benzene rings is 1. The van der Waals surface area contributed by atoms with Gasteiger partial charge in [0.15, 0.2) is 0 Å². The van der Waals surface area contributed by atoms with Gasteiger partial charge < -0.3 is 19.6 Å². The first kappa shape index (κ1) is 14.0. The molecule has 2 heterocycles. The van der Waals surface area contributed by atoms with E-state index in [0.717, 1.165) is 23.6 Å². The molecule has 1 aliphatic heterocycles. The molecule has 1 aliphatic rings. The summed E-state index contributed by atoms with van der Waals surface area (Å²) in [5.74, 6) is 1.93. The molecule has 0 saturated carbocycles. The van der Waals surface area contributed by atoms with E-state index in [4.69, 9.17) is 9.15 Å². The second-order valence-electron chi connectivity index (χ2n) is 5.49. The predicted octanol–water partition coefficient (Wildman–Crippen LogP) is 2.31. The van der Waals surface area contributed by atoms with Crippen LogP contribution in [0.5, 0.6) is 11.5 Å². The molecule has 5 heteroatoms. The van der Waals surface area contributed by atoms with Crippen LogP contribution in [0.1, 0.15) is 23.4 Å². The second-order valence-corrected chi connectivity index (χ2v) is 5.49. The van der Waals surface area contributed by atoms with Crippen molar-refractivity contribution in [2.75, 3.05) is 27.2 Å². The number of phenols is 1. The quantitative estimate of drug-likeness (QED) is 0.884. The van der Waals surface area contributed by atoms with Crippen molar-refractivity contribution in [3.05, 3.63) is 47.9 Å². The molecule has 0 aliphatic carbocycles. The standard InChI is InChI=1S/C16H20N2O3/c1-18(2)14(15-4-3-7-20-15)9-17-13-10-21-16-8-11(19)5-6-12(13)16/h3-8,13-14,17,19H,9-10H2,1-2H3. The van der Waals surface area contributed by atoms with Gasteiger partial charge >= 0.3 is 0 Å². The third-order valence-corrected chi connectivity index (χ3v) is 3.83. The van der Waals surface area contributed by atoms with Crippen molar-refractivity contribution in [1.29, 1.82) is 0 Å². The van der Waals surface area contributed by atoms with Crippen LogP contribution in [-0.4, -0.2) is 37.3 Å². The number of furan rings is 1. The van der Waals surface area contributed by atoms with Crippen LogP contribution in [0.4, 0.5) is 0 Å². The first-order chi connectivity index (χ1) is 10.1. The number of hydrogen-bond donors (Lipinski definition) is 2. The summed E-state index contributed by atoms with van der Waals surface area (Å²) in [6.07, 6.45) is 1.70. The average molecular weight is 288 g/mol. The Hall–Kier alpha value is -1.98. The molecular weight excluding hydrogens is 268 g/mol. The van der Waals surface area contributed by atoms with Crippen LogP contribution in [0.15, 0.2) is 41.0 Å². The van der Waals surface area contributed by atoms with Crippen LogP contribution in [0.2, 0.25) is 0 Å². The van der Waals surface area contributed by atoms with E-state index in [0.29, 0.717) is 6.61 Å². The second kappa shape index (κ2) is 5.79. The molecule has 2 aromatic rings. The van der Waals surface area contributed by atoms with Crippen molar-refractivity contribution in [2.24, 2.45) is 0 Å². The van der Waals surface area contributed by atoms with Crippen LogP contribution in [0.25, 0.3) is 0 Å². The van der Waals surface area contributed by atoms with Crippen LogP contribution in [-0.2, 0) is 0 Å². The van der Waals surface area contributed by atoms with Gasteiger partial charge in [0, 0.05) is 18.2 Å². The smallest absolute Gasteiger partial charge is 0.127 e. The van der Waals surface area contributed by atoms with E-state index < -0.39 is 0 Å². The van der Waals surface area contributed by atoms with E-state index in [1.807, 2.05) is 32.3 Å². The van der Waals surface area contributed by atoms with Crippen molar-refractivity contribution in [3.63, 3.8) is 0 Å². The van der Waals surface area contributed by atoms with Crippen LogP contribution in [0.3, 0.4) is 0 Å². The third kappa shape index (κ3) is 2.89. The first-order valence-electron chi connectivity index (χ1n) is 7.04. The summed E-state index contributed by atoms with van der Waals surface area (Å²) in [5, 5.41) is 13.0. The molecule has 2 atom stereocenters. The predicted molar refractivity (Wildman–Crippen MR) is 79.5 cm³/mol. The molecule has 0 radical (unpaired) electrons. The summed E-state index contributed by atoms with van der Waals surface area (Å²) in [6, 6.07) is 9.46. The van der Waals surface area contributed by atoms with Crippen LogP contribution in [0, 0.1) is 0 Å². The Bertz CT molecular complexity index is 596. The van der Waals surface area contributed by atoms with E-state index in [2.05, 4.69) is 10.2 Å².